The number of aromatic nitrogens is 3. The van der Waals surface area contributed by atoms with Crippen LogP contribution in [0.25, 0.3) is 0 Å². The predicted octanol–water partition coefficient (Wildman–Crippen LogP) is 2.92. The van der Waals surface area contributed by atoms with Gasteiger partial charge in [0.2, 0.25) is 0 Å². The number of anilines is 1. The quantitative estimate of drug-likeness (QED) is 0.838. The minimum atomic E-state index is 0.616. The summed E-state index contributed by atoms with van der Waals surface area (Å²) in [7, 11) is 1.87. The van der Waals surface area contributed by atoms with Crippen molar-refractivity contribution in [2.45, 2.75) is 36.9 Å². The summed E-state index contributed by atoms with van der Waals surface area (Å²) in [6.45, 7) is 4.04. The highest BCUT2D eigenvalue weighted by Gasteiger charge is 2.13. The van der Waals surface area contributed by atoms with E-state index in [9.17, 15) is 0 Å². The summed E-state index contributed by atoms with van der Waals surface area (Å²) in [6.07, 6.45) is 5.17. The van der Waals surface area contributed by atoms with Gasteiger partial charge in [-0.3, -0.25) is 0 Å². The SMILES string of the molecule is CCCc1c(NC)ncnc1Sc1nc(C)co1. The molecule has 2 heterocycles. The molecule has 0 fully saturated rings. The monoisotopic (exact) mass is 264 g/mol. The molecule has 5 nitrogen and oxygen atoms in total. The van der Waals surface area contributed by atoms with Gasteiger partial charge in [-0.25, -0.2) is 15.0 Å². The molecule has 0 radical (unpaired) electrons. The second-order valence-corrected chi connectivity index (χ2v) is 4.80. The zero-order valence-electron chi connectivity index (χ0n) is 10.7. The Morgan fingerprint density at radius 1 is 1.39 bits per heavy atom. The number of aryl methyl sites for hydroxylation is 1. The van der Waals surface area contributed by atoms with E-state index >= 15 is 0 Å². The first-order valence-electron chi connectivity index (χ1n) is 5.86. The standard InChI is InChI=1S/C12H16N4OS/c1-4-5-9-10(13-3)14-7-15-11(9)18-12-16-8(2)6-17-12/h6-7H,4-5H2,1-3H3,(H,13,14,15). The molecule has 0 saturated heterocycles. The fourth-order valence-electron chi connectivity index (χ4n) is 1.64. The Kier molecular flexibility index (Phi) is 4.19. The van der Waals surface area contributed by atoms with Gasteiger partial charge in [-0.15, -0.1) is 0 Å². The zero-order valence-corrected chi connectivity index (χ0v) is 11.5. The summed E-state index contributed by atoms with van der Waals surface area (Å²) in [6, 6.07) is 0. The van der Waals surface area contributed by atoms with Gasteiger partial charge in [0.15, 0.2) is 0 Å². The van der Waals surface area contributed by atoms with Gasteiger partial charge in [-0.2, -0.15) is 0 Å². The largest absolute Gasteiger partial charge is 0.439 e. The summed E-state index contributed by atoms with van der Waals surface area (Å²) in [5.74, 6) is 0.873. The van der Waals surface area contributed by atoms with Gasteiger partial charge >= 0.3 is 0 Å². The van der Waals surface area contributed by atoms with Crippen LogP contribution < -0.4 is 5.32 Å². The van der Waals surface area contributed by atoms with E-state index in [0.717, 1.165) is 34.9 Å². The Bertz CT molecular complexity index is 527. The molecule has 0 bridgehead atoms. The van der Waals surface area contributed by atoms with Crippen molar-refractivity contribution in [3.63, 3.8) is 0 Å². The van der Waals surface area contributed by atoms with Gasteiger partial charge in [0.1, 0.15) is 23.4 Å². The van der Waals surface area contributed by atoms with Crippen LogP contribution in [0.1, 0.15) is 24.6 Å². The van der Waals surface area contributed by atoms with Gasteiger partial charge in [0, 0.05) is 12.6 Å². The highest BCUT2D eigenvalue weighted by Crippen LogP contribution is 2.31. The molecule has 0 atom stereocenters. The maximum Gasteiger partial charge on any atom is 0.262 e. The van der Waals surface area contributed by atoms with Crippen molar-refractivity contribution < 1.29 is 4.42 Å². The molecular formula is C12H16N4OS. The van der Waals surface area contributed by atoms with Crippen LogP contribution in [0.5, 0.6) is 0 Å². The first kappa shape index (κ1) is 12.9. The molecular weight excluding hydrogens is 248 g/mol. The molecule has 18 heavy (non-hydrogen) atoms. The number of oxazole rings is 1. The van der Waals surface area contributed by atoms with Crippen LogP contribution in [0.2, 0.25) is 0 Å². The minimum absolute atomic E-state index is 0.616. The molecule has 0 amide bonds. The van der Waals surface area contributed by atoms with Crippen molar-refractivity contribution in [1.29, 1.82) is 0 Å². The average molecular weight is 264 g/mol. The molecule has 1 N–H and O–H groups in total. The van der Waals surface area contributed by atoms with E-state index in [-0.39, 0.29) is 0 Å². The Hall–Kier alpha value is -1.56. The van der Waals surface area contributed by atoms with Gasteiger partial charge < -0.3 is 9.73 Å². The third kappa shape index (κ3) is 2.81. The number of nitrogens with one attached hydrogen (secondary N) is 1. The fraction of sp³-hybridized carbons (Fsp3) is 0.417. The summed E-state index contributed by atoms with van der Waals surface area (Å²) in [5, 5.41) is 4.61. The molecule has 0 spiro atoms. The van der Waals surface area contributed by atoms with Crippen LogP contribution in [0.3, 0.4) is 0 Å². The lowest BCUT2D eigenvalue weighted by Gasteiger charge is -2.09. The Balaban J connectivity index is 2.31. The zero-order chi connectivity index (χ0) is 13.0. The number of rotatable bonds is 5. The van der Waals surface area contributed by atoms with Crippen molar-refractivity contribution in [3.05, 3.63) is 23.8 Å². The van der Waals surface area contributed by atoms with Crippen molar-refractivity contribution in [2.24, 2.45) is 0 Å². The minimum Gasteiger partial charge on any atom is -0.439 e. The van der Waals surface area contributed by atoms with Gasteiger partial charge in [0.05, 0.1) is 5.69 Å². The third-order valence-corrected chi connectivity index (χ3v) is 3.33. The Morgan fingerprint density at radius 3 is 2.83 bits per heavy atom. The van der Waals surface area contributed by atoms with Gasteiger partial charge in [-0.05, 0) is 25.1 Å². The molecule has 2 rings (SSSR count). The van der Waals surface area contributed by atoms with Gasteiger partial charge in [0.25, 0.3) is 5.22 Å². The van der Waals surface area contributed by atoms with E-state index in [0.29, 0.717) is 5.22 Å². The Labute approximate surface area is 110 Å². The lowest BCUT2D eigenvalue weighted by atomic mass is 10.2. The van der Waals surface area contributed by atoms with Crippen LogP contribution >= 0.6 is 11.8 Å². The summed E-state index contributed by atoms with van der Waals surface area (Å²) < 4.78 is 5.35. The maximum absolute atomic E-state index is 5.35. The average Bonchev–Trinajstić information content (AvgIpc) is 2.77. The van der Waals surface area contributed by atoms with Crippen LogP contribution in [0, 0.1) is 6.92 Å². The molecule has 0 unspecified atom stereocenters. The molecule has 6 heteroatoms. The van der Waals surface area contributed by atoms with E-state index < -0.39 is 0 Å². The van der Waals surface area contributed by atoms with E-state index in [4.69, 9.17) is 4.42 Å². The summed E-state index contributed by atoms with van der Waals surface area (Å²) in [4.78, 5) is 12.8. The number of hydrogen-bond acceptors (Lipinski definition) is 6. The van der Waals surface area contributed by atoms with Crippen molar-refractivity contribution in [2.75, 3.05) is 12.4 Å². The lowest BCUT2D eigenvalue weighted by molar-refractivity contribution is 0.453. The highest BCUT2D eigenvalue weighted by atomic mass is 32.2. The second-order valence-electron chi connectivity index (χ2n) is 3.86. The highest BCUT2D eigenvalue weighted by molar-refractivity contribution is 7.99. The normalized spacial score (nSPS) is 10.6. The first-order valence-corrected chi connectivity index (χ1v) is 6.67. The topological polar surface area (TPSA) is 63.8 Å². The van der Waals surface area contributed by atoms with Crippen molar-refractivity contribution in [3.8, 4) is 0 Å². The van der Waals surface area contributed by atoms with Crippen LogP contribution in [-0.4, -0.2) is 22.0 Å². The second kappa shape index (κ2) is 5.86. The van der Waals surface area contributed by atoms with Crippen molar-refractivity contribution in [1.82, 2.24) is 15.0 Å². The predicted molar refractivity (Wildman–Crippen MR) is 70.9 cm³/mol. The van der Waals surface area contributed by atoms with Gasteiger partial charge in [-0.1, -0.05) is 13.3 Å². The number of hydrogen-bond donors (Lipinski definition) is 1. The van der Waals surface area contributed by atoms with Crippen LogP contribution in [0.4, 0.5) is 5.82 Å². The summed E-state index contributed by atoms with van der Waals surface area (Å²) >= 11 is 1.44. The van der Waals surface area contributed by atoms with Crippen LogP contribution in [-0.2, 0) is 6.42 Å². The number of nitrogens with zero attached hydrogens (tertiary/aromatic N) is 3. The van der Waals surface area contributed by atoms with E-state index in [1.165, 1.54) is 11.8 Å². The van der Waals surface area contributed by atoms with Crippen molar-refractivity contribution >= 4 is 17.6 Å². The molecule has 0 aliphatic carbocycles. The molecule has 2 aromatic rings. The molecule has 2 aromatic heterocycles. The Morgan fingerprint density at radius 2 is 2.22 bits per heavy atom. The molecule has 96 valence electrons. The molecule has 0 aliphatic rings. The van der Waals surface area contributed by atoms with E-state index in [2.05, 4.69) is 27.2 Å². The lowest BCUT2D eigenvalue weighted by Crippen LogP contribution is -2.02. The molecule has 0 aromatic carbocycles. The summed E-state index contributed by atoms with van der Waals surface area (Å²) in [5.41, 5.74) is 1.99. The molecule has 0 aliphatic heterocycles. The first-order chi connectivity index (χ1) is 8.74. The smallest absolute Gasteiger partial charge is 0.262 e. The van der Waals surface area contributed by atoms with Crippen LogP contribution in [0.15, 0.2) is 27.3 Å². The fourth-order valence-corrected chi connectivity index (χ4v) is 2.51. The third-order valence-electron chi connectivity index (χ3n) is 2.42. The maximum atomic E-state index is 5.35. The van der Waals surface area contributed by atoms with E-state index in [1.54, 1.807) is 12.6 Å². The molecule has 0 saturated carbocycles. The van der Waals surface area contributed by atoms with E-state index in [1.807, 2.05) is 14.0 Å².